The number of nitrogens with zero attached hydrogens (tertiary/aromatic N) is 6. The van der Waals surface area contributed by atoms with Crippen LogP contribution in [0.25, 0.3) is 33.8 Å². The summed E-state index contributed by atoms with van der Waals surface area (Å²) >= 11 is 0. The van der Waals surface area contributed by atoms with Crippen molar-refractivity contribution in [3.63, 3.8) is 0 Å². The fraction of sp³-hybridized carbons (Fsp3) is 0.273. The maximum atomic E-state index is 13.0. The third-order valence-corrected chi connectivity index (χ3v) is 7.76. The second kappa shape index (κ2) is 13.0. The molecule has 3 aromatic carbocycles. The maximum absolute atomic E-state index is 13.0. The van der Waals surface area contributed by atoms with Crippen LogP contribution in [0.3, 0.4) is 0 Å². The number of nitrogens with one attached hydrogen (secondary N) is 1. The van der Waals surface area contributed by atoms with Gasteiger partial charge in [0, 0.05) is 45.1 Å². The van der Waals surface area contributed by atoms with Crippen LogP contribution in [0.2, 0.25) is 0 Å². The summed E-state index contributed by atoms with van der Waals surface area (Å²) < 4.78 is 48.0. The molecule has 6 rings (SSSR count). The highest BCUT2D eigenvalue weighted by Gasteiger charge is 2.30. The lowest BCUT2D eigenvalue weighted by molar-refractivity contribution is -0.137. The largest absolute Gasteiger partial charge is 0.416 e. The van der Waals surface area contributed by atoms with Crippen LogP contribution in [-0.4, -0.2) is 68.9 Å². The fourth-order valence-electron chi connectivity index (χ4n) is 5.24. The van der Waals surface area contributed by atoms with Gasteiger partial charge >= 0.3 is 6.18 Å². The summed E-state index contributed by atoms with van der Waals surface area (Å²) in [6.07, 6.45) is -1.68. The number of aryl methyl sites for hydroxylation is 1. The number of rotatable bonds is 9. The Bertz CT molecular complexity index is 1740. The maximum Gasteiger partial charge on any atom is 0.416 e. The van der Waals surface area contributed by atoms with Crippen LogP contribution in [0.4, 0.5) is 13.2 Å². The quantitative estimate of drug-likeness (QED) is 0.242. The zero-order valence-electron chi connectivity index (χ0n) is 24.7. The Balaban J connectivity index is 1.25. The molecule has 12 heteroatoms. The van der Waals surface area contributed by atoms with E-state index >= 15 is 0 Å². The number of amides is 1. The molecule has 2 aromatic heterocycles. The van der Waals surface area contributed by atoms with Crippen molar-refractivity contribution in [1.29, 1.82) is 0 Å². The fourth-order valence-corrected chi connectivity index (χ4v) is 5.24. The van der Waals surface area contributed by atoms with Crippen LogP contribution in [0.1, 0.15) is 23.4 Å². The van der Waals surface area contributed by atoms with Crippen molar-refractivity contribution in [3.8, 4) is 33.8 Å². The molecule has 0 atom stereocenters. The van der Waals surface area contributed by atoms with Gasteiger partial charge in [-0.3, -0.25) is 9.69 Å². The standard InChI is InChI=1S/C33H32F3N7O2/c1-37-32(44)15-10-27-20-31(25-4-2-23(3-5-25)24-6-8-26(9-7-24)33(34,35)36)43(39-27)30-13-11-29(12-14-30)42-22-28(38-40-42)21-41-16-18-45-19-17-41/h2-9,11-14,20,22H,10,15-19,21H2,1H3,(H,37,44). The summed E-state index contributed by atoms with van der Waals surface area (Å²) in [5.74, 6) is -0.0721. The first-order valence-corrected chi connectivity index (χ1v) is 14.7. The van der Waals surface area contributed by atoms with Crippen molar-refractivity contribution in [3.05, 3.63) is 102 Å². The lowest BCUT2D eigenvalue weighted by Gasteiger charge is -2.25. The molecule has 232 valence electrons. The summed E-state index contributed by atoms with van der Waals surface area (Å²) in [7, 11) is 1.60. The number of aromatic nitrogens is 5. The van der Waals surface area contributed by atoms with E-state index in [0.717, 1.165) is 78.0 Å². The monoisotopic (exact) mass is 615 g/mol. The molecule has 1 aliphatic rings. The van der Waals surface area contributed by atoms with Gasteiger partial charge in [0.1, 0.15) is 0 Å². The number of halogens is 3. The molecule has 0 unspecified atom stereocenters. The van der Waals surface area contributed by atoms with Gasteiger partial charge in [0.15, 0.2) is 0 Å². The van der Waals surface area contributed by atoms with Crippen LogP contribution >= 0.6 is 0 Å². The molecule has 0 radical (unpaired) electrons. The number of hydrogen-bond donors (Lipinski definition) is 1. The summed E-state index contributed by atoms with van der Waals surface area (Å²) in [4.78, 5) is 14.2. The SMILES string of the molecule is CNC(=O)CCc1cc(-c2ccc(-c3ccc(C(F)(F)F)cc3)cc2)n(-c2ccc(-n3cc(CN4CCOCC4)nn3)cc2)n1. The summed E-state index contributed by atoms with van der Waals surface area (Å²) in [6.45, 7) is 3.91. The van der Waals surface area contributed by atoms with E-state index in [9.17, 15) is 18.0 Å². The molecule has 0 aliphatic carbocycles. The number of benzene rings is 3. The minimum atomic E-state index is -4.38. The zero-order valence-corrected chi connectivity index (χ0v) is 24.7. The van der Waals surface area contributed by atoms with Gasteiger partial charge in [0.2, 0.25) is 5.91 Å². The molecule has 45 heavy (non-hydrogen) atoms. The lowest BCUT2D eigenvalue weighted by Crippen LogP contribution is -2.35. The van der Waals surface area contributed by atoms with Gasteiger partial charge < -0.3 is 10.1 Å². The van der Waals surface area contributed by atoms with E-state index in [1.165, 1.54) is 12.1 Å². The van der Waals surface area contributed by atoms with Gasteiger partial charge in [-0.25, -0.2) is 9.36 Å². The van der Waals surface area contributed by atoms with Gasteiger partial charge in [0.05, 0.1) is 53.4 Å². The van der Waals surface area contributed by atoms with E-state index in [1.54, 1.807) is 11.7 Å². The Morgan fingerprint density at radius 1 is 0.867 bits per heavy atom. The van der Waals surface area contributed by atoms with E-state index in [-0.39, 0.29) is 5.91 Å². The molecule has 1 saturated heterocycles. The second-order valence-corrected chi connectivity index (χ2v) is 10.8. The Hall–Kier alpha value is -4.81. The summed E-state index contributed by atoms with van der Waals surface area (Å²) in [6, 6.07) is 22.5. The van der Waals surface area contributed by atoms with Crippen molar-refractivity contribution < 1.29 is 22.7 Å². The summed E-state index contributed by atoms with van der Waals surface area (Å²) in [5.41, 5.74) is 5.81. The molecule has 1 N–H and O–H groups in total. The third-order valence-electron chi connectivity index (χ3n) is 7.76. The number of alkyl halides is 3. The number of morpholine rings is 1. The van der Waals surface area contributed by atoms with Gasteiger partial charge in [-0.2, -0.15) is 18.3 Å². The van der Waals surface area contributed by atoms with Crippen LogP contribution in [-0.2, 0) is 28.7 Å². The molecule has 1 fully saturated rings. The molecular formula is C33H32F3N7O2. The van der Waals surface area contributed by atoms with Crippen molar-refractivity contribution in [2.45, 2.75) is 25.6 Å². The predicted molar refractivity (Wildman–Crippen MR) is 163 cm³/mol. The van der Waals surface area contributed by atoms with Gasteiger partial charge in [-0.05, 0) is 53.6 Å². The molecule has 0 bridgehead atoms. The predicted octanol–water partition coefficient (Wildman–Crippen LogP) is 5.32. The van der Waals surface area contributed by atoms with Gasteiger partial charge in [-0.1, -0.05) is 41.6 Å². The highest BCUT2D eigenvalue weighted by atomic mass is 19.4. The Morgan fingerprint density at radius 3 is 2.13 bits per heavy atom. The Morgan fingerprint density at radius 2 is 1.49 bits per heavy atom. The van der Waals surface area contributed by atoms with E-state index in [2.05, 4.69) is 20.5 Å². The van der Waals surface area contributed by atoms with Crippen LogP contribution in [0, 0.1) is 0 Å². The molecule has 3 heterocycles. The first-order chi connectivity index (χ1) is 21.8. The van der Waals surface area contributed by atoms with Gasteiger partial charge in [0.25, 0.3) is 0 Å². The van der Waals surface area contributed by atoms with E-state index < -0.39 is 11.7 Å². The average molecular weight is 616 g/mol. The van der Waals surface area contributed by atoms with Gasteiger partial charge in [-0.15, -0.1) is 5.10 Å². The molecule has 9 nitrogen and oxygen atoms in total. The van der Waals surface area contributed by atoms with E-state index in [4.69, 9.17) is 9.84 Å². The second-order valence-electron chi connectivity index (χ2n) is 10.8. The van der Waals surface area contributed by atoms with Crippen LogP contribution < -0.4 is 5.32 Å². The third kappa shape index (κ3) is 7.13. The van der Waals surface area contributed by atoms with E-state index in [0.29, 0.717) is 24.9 Å². The highest BCUT2D eigenvalue weighted by Crippen LogP contribution is 2.32. The molecule has 1 aliphatic heterocycles. The normalized spacial score (nSPS) is 14.0. The van der Waals surface area contributed by atoms with Crippen LogP contribution in [0.15, 0.2) is 85.1 Å². The van der Waals surface area contributed by atoms with Crippen molar-refractivity contribution in [2.24, 2.45) is 0 Å². The summed E-state index contributed by atoms with van der Waals surface area (Å²) in [5, 5.41) is 16.1. The zero-order chi connectivity index (χ0) is 31.4. The minimum Gasteiger partial charge on any atom is -0.379 e. The molecule has 0 spiro atoms. The number of carbonyl (C=O) groups excluding carboxylic acids is 1. The molecule has 1 amide bonds. The number of carbonyl (C=O) groups is 1. The van der Waals surface area contributed by atoms with Crippen molar-refractivity contribution in [2.75, 3.05) is 33.4 Å². The lowest BCUT2D eigenvalue weighted by atomic mass is 10.0. The smallest absolute Gasteiger partial charge is 0.379 e. The molecule has 0 saturated carbocycles. The number of hydrogen-bond acceptors (Lipinski definition) is 6. The number of ether oxygens (including phenoxy) is 1. The Labute approximate surface area is 258 Å². The molecular weight excluding hydrogens is 583 g/mol. The average Bonchev–Trinajstić information content (AvgIpc) is 3.71. The van der Waals surface area contributed by atoms with Crippen molar-refractivity contribution >= 4 is 5.91 Å². The minimum absolute atomic E-state index is 0.0721. The topological polar surface area (TPSA) is 90.1 Å². The first kappa shape index (κ1) is 30.2. The highest BCUT2D eigenvalue weighted by molar-refractivity contribution is 5.76. The Kier molecular flexibility index (Phi) is 8.76. The van der Waals surface area contributed by atoms with Crippen molar-refractivity contribution in [1.82, 2.24) is 35.0 Å². The first-order valence-electron chi connectivity index (χ1n) is 14.7. The van der Waals surface area contributed by atoms with E-state index in [1.807, 2.05) is 65.5 Å². The molecule has 5 aromatic rings. The van der Waals surface area contributed by atoms with Crippen LogP contribution in [0.5, 0.6) is 0 Å².